The van der Waals surface area contributed by atoms with Gasteiger partial charge in [-0.15, -0.1) is 11.3 Å². The van der Waals surface area contributed by atoms with Crippen LogP contribution >= 0.6 is 11.3 Å². The Balaban J connectivity index is 2.69. The van der Waals surface area contributed by atoms with Crippen molar-refractivity contribution in [2.75, 3.05) is 5.73 Å². The molecule has 0 unspecified atom stereocenters. The number of nitrogen functional groups attached to an aromatic ring is 1. The normalized spacial score (nSPS) is 11.1. The van der Waals surface area contributed by atoms with Crippen LogP contribution in [0.4, 0.5) is 14.5 Å². The van der Waals surface area contributed by atoms with E-state index in [0.717, 1.165) is 23.5 Å². The first-order chi connectivity index (χ1) is 9.32. The predicted octanol–water partition coefficient (Wildman–Crippen LogP) is 4.10. The van der Waals surface area contributed by atoms with Crippen LogP contribution in [0.25, 0.3) is 10.4 Å². The number of hydrogen-bond acceptors (Lipinski definition) is 3. The molecule has 1 heterocycles. The van der Waals surface area contributed by atoms with Gasteiger partial charge in [0.2, 0.25) is 0 Å². The predicted molar refractivity (Wildman–Crippen MR) is 75.1 cm³/mol. The number of benzene rings is 1. The van der Waals surface area contributed by atoms with Gasteiger partial charge in [-0.25, -0.2) is 13.6 Å². The van der Waals surface area contributed by atoms with E-state index in [0.29, 0.717) is 16.0 Å². The summed E-state index contributed by atoms with van der Waals surface area (Å²) in [5, 5.41) is 9.13. The Bertz CT molecular complexity index is 680. The van der Waals surface area contributed by atoms with Crippen LogP contribution in [0.5, 0.6) is 0 Å². The molecular weight excluding hydrogens is 284 g/mol. The van der Waals surface area contributed by atoms with Crippen molar-refractivity contribution in [2.24, 2.45) is 0 Å². The van der Waals surface area contributed by atoms with E-state index in [-0.39, 0.29) is 16.5 Å². The number of aromatic carboxylic acids is 1. The van der Waals surface area contributed by atoms with Crippen molar-refractivity contribution in [3.8, 4) is 10.4 Å². The quantitative estimate of drug-likeness (QED) is 0.896. The number of halogens is 2. The lowest BCUT2D eigenvalue weighted by atomic mass is 9.98. The summed E-state index contributed by atoms with van der Waals surface area (Å²) < 4.78 is 26.3. The van der Waals surface area contributed by atoms with Gasteiger partial charge < -0.3 is 10.8 Å². The second-order valence-electron chi connectivity index (χ2n) is 4.68. The Morgan fingerprint density at radius 2 is 1.95 bits per heavy atom. The maximum Gasteiger partial charge on any atom is 0.348 e. The molecule has 3 N–H and O–H groups in total. The molecule has 0 radical (unpaired) electrons. The Labute approximate surface area is 118 Å². The highest BCUT2D eigenvalue weighted by molar-refractivity contribution is 7.18. The Morgan fingerprint density at radius 1 is 1.30 bits per heavy atom. The number of nitrogens with two attached hydrogens (primary N) is 1. The number of carboxylic acids is 1. The lowest BCUT2D eigenvalue weighted by Crippen LogP contribution is -2.00. The standard InChI is InChI=1S/C14H13F2NO2S/c1-6(2)10-11(17)13(14(18)19)20-12(10)7-3-4-8(15)9(16)5-7/h3-6H,17H2,1-2H3,(H,18,19). The van der Waals surface area contributed by atoms with Gasteiger partial charge in [0.1, 0.15) is 4.88 Å². The largest absolute Gasteiger partial charge is 0.477 e. The van der Waals surface area contributed by atoms with E-state index in [1.54, 1.807) is 0 Å². The van der Waals surface area contributed by atoms with Gasteiger partial charge in [0.05, 0.1) is 5.69 Å². The lowest BCUT2D eigenvalue weighted by molar-refractivity contribution is 0.0703. The average Bonchev–Trinajstić information content (AvgIpc) is 2.70. The molecule has 6 heteroatoms. The molecule has 0 bridgehead atoms. The lowest BCUT2D eigenvalue weighted by Gasteiger charge is -2.09. The van der Waals surface area contributed by atoms with Crippen LogP contribution in [-0.4, -0.2) is 11.1 Å². The summed E-state index contributed by atoms with van der Waals surface area (Å²) in [5.41, 5.74) is 7.14. The van der Waals surface area contributed by atoms with Crippen LogP contribution in [0.2, 0.25) is 0 Å². The molecule has 0 saturated heterocycles. The molecule has 0 spiro atoms. The van der Waals surface area contributed by atoms with Gasteiger partial charge in [0.15, 0.2) is 11.6 Å². The first kappa shape index (κ1) is 14.5. The number of thiophene rings is 1. The summed E-state index contributed by atoms with van der Waals surface area (Å²) in [4.78, 5) is 11.7. The third kappa shape index (κ3) is 2.38. The zero-order chi connectivity index (χ0) is 15.0. The van der Waals surface area contributed by atoms with Gasteiger partial charge in [-0.1, -0.05) is 19.9 Å². The average molecular weight is 297 g/mol. The molecule has 0 atom stereocenters. The van der Waals surface area contributed by atoms with Crippen molar-refractivity contribution in [3.63, 3.8) is 0 Å². The minimum atomic E-state index is -1.12. The van der Waals surface area contributed by atoms with E-state index in [4.69, 9.17) is 10.8 Å². The van der Waals surface area contributed by atoms with Crippen LogP contribution in [-0.2, 0) is 0 Å². The molecule has 0 aliphatic rings. The maximum absolute atomic E-state index is 13.3. The molecule has 2 aromatic rings. The fourth-order valence-corrected chi connectivity index (χ4v) is 3.25. The molecular formula is C14H13F2NO2S. The van der Waals surface area contributed by atoms with Crippen molar-refractivity contribution < 1.29 is 18.7 Å². The summed E-state index contributed by atoms with van der Waals surface area (Å²) in [6, 6.07) is 3.49. The molecule has 0 aliphatic heterocycles. The van der Waals surface area contributed by atoms with Crippen molar-refractivity contribution >= 4 is 23.0 Å². The van der Waals surface area contributed by atoms with Crippen molar-refractivity contribution in [2.45, 2.75) is 19.8 Å². The first-order valence-electron chi connectivity index (χ1n) is 5.93. The minimum absolute atomic E-state index is 0.0217. The summed E-state index contributed by atoms with van der Waals surface area (Å²) >= 11 is 0.977. The monoisotopic (exact) mass is 297 g/mol. The van der Waals surface area contributed by atoms with Crippen LogP contribution in [0.15, 0.2) is 18.2 Å². The van der Waals surface area contributed by atoms with Gasteiger partial charge >= 0.3 is 5.97 Å². The van der Waals surface area contributed by atoms with E-state index in [9.17, 15) is 13.6 Å². The molecule has 3 nitrogen and oxygen atoms in total. The number of carboxylic acid groups (broad SMARTS) is 1. The van der Waals surface area contributed by atoms with Gasteiger partial charge in [0.25, 0.3) is 0 Å². The highest BCUT2D eigenvalue weighted by Crippen LogP contribution is 2.42. The molecule has 0 saturated carbocycles. The van der Waals surface area contributed by atoms with E-state index in [2.05, 4.69) is 0 Å². The van der Waals surface area contributed by atoms with Crippen LogP contribution in [0.3, 0.4) is 0 Å². The van der Waals surface area contributed by atoms with E-state index < -0.39 is 17.6 Å². The molecule has 106 valence electrons. The van der Waals surface area contributed by atoms with Crippen molar-refractivity contribution in [3.05, 3.63) is 40.3 Å². The summed E-state index contributed by atoms with van der Waals surface area (Å²) in [6.07, 6.45) is 0. The number of hydrogen-bond donors (Lipinski definition) is 2. The minimum Gasteiger partial charge on any atom is -0.477 e. The maximum atomic E-state index is 13.3. The second-order valence-corrected chi connectivity index (χ2v) is 5.70. The third-order valence-electron chi connectivity index (χ3n) is 2.94. The highest BCUT2D eigenvalue weighted by atomic mass is 32.1. The molecule has 1 aromatic carbocycles. The molecule has 0 fully saturated rings. The molecule has 0 amide bonds. The van der Waals surface area contributed by atoms with Crippen LogP contribution < -0.4 is 5.73 Å². The van der Waals surface area contributed by atoms with Crippen molar-refractivity contribution in [1.29, 1.82) is 0 Å². The fraction of sp³-hybridized carbons (Fsp3) is 0.214. The van der Waals surface area contributed by atoms with Crippen molar-refractivity contribution in [1.82, 2.24) is 0 Å². The van der Waals surface area contributed by atoms with Crippen LogP contribution in [0, 0.1) is 11.6 Å². The third-order valence-corrected chi connectivity index (χ3v) is 4.20. The number of anilines is 1. The van der Waals surface area contributed by atoms with Gasteiger partial charge in [-0.2, -0.15) is 0 Å². The van der Waals surface area contributed by atoms with Gasteiger partial charge in [-0.3, -0.25) is 0 Å². The summed E-state index contributed by atoms with van der Waals surface area (Å²) in [5.74, 6) is -3.06. The highest BCUT2D eigenvalue weighted by Gasteiger charge is 2.23. The molecule has 0 aliphatic carbocycles. The van der Waals surface area contributed by atoms with Gasteiger partial charge in [0, 0.05) is 4.88 Å². The summed E-state index contributed by atoms with van der Waals surface area (Å²) in [7, 11) is 0. The van der Waals surface area contributed by atoms with Gasteiger partial charge in [-0.05, 0) is 29.2 Å². The van der Waals surface area contributed by atoms with Crippen LogP contribution in [0.1, 0.15) is 35.0 Å². The Morgan fingerprint density at radius 3 is 2.45 bits per heavy atom. The fourth-order valence-electron chi connectivity index (χ4n) is 2.04. The Kier molecular flexibility index (Phi) is 3.76. The SMILES string of the molecule is CC(C)c1c(-c2ccc(F)c(F)c2)sc(C(=O)O)c1N. The van der Waals surface area contributed by atoms with E-state index in [1.165, 1.54) is 6.07 Å². The Hall–Kier alpha value is -1.95. The smallest absolute Gasteiger partial charge is 0.348 e. The number of rotatable bonds is 3. The molecule has 2 rings (SSSR count). The summed E-state index contributed by atoms with van der Waals surface area (Å²) in [6.45, 7) is 3.74. The van der Waals surface area contributed by atoms with E-state index >= 15 is 0 Å². The zero-order valence-electron chi connectivity index (χ0n) is 10.9. The first-order valence-corrected chi connectivity index (χ1v) is 6.75. The topological polar surface area (TPSA) is 63.3 Å². The van der Waals surface area contributed by atoms with E-state index in [1.807, 2.05) is 13.8 Å². The number of carbonyl (C=O) groups is 1. The zero-order valence-corrected chi connectivity index (χ0v) is 11.7. The second kappa shape index (κ2) is 5.20. The molecule has 1 aromatic heterocycles. The molecule has 20 heavy (non-hydrogen) atoms.